The third-order valence-electron chi connectivity index (χ3n) is 1.78. The summed E-state index contributed by atoms with van der Waals surface area (Å²) in [5, 5.41) is 9.05. The van der Waals surface area contributed by atoms with Crippen LogP contribution in [-0.2, 0) is 17.1 Å². The van der Waals surface area contributed by atoms with Crippen LogP contribution < -0.4 is 5.73 Å². The molecule has 3 N–H and O–H groups in total. The molecule has 0 radical (unpaired) electrons. The molecule has 0 aromatic heterocycles. The predicted molar refractivity (Wildman–Crippen MR) is 39.7 cm³/mol. The minimum Gasteiger partial charge on any atom is -0.392 e. The number of rotatable bonds is 0. The Kier molecular flexibility index (Phi) is 8.58. The second-order valence-corrected chi connectivity index (χ2v) is 2.52. The first kappa shape index (κ1) is 13.3. The van der Waals surface area contributed by atoms with E-state index in [4.69, 9.17) is 10.8 Å². The zero-order chi connectivity index (χ0) is 5.98. The maximum absolute atomic E-state index is 9.05. The molecule has 0 aliphatic heterocycles. The van der Waals surface area contributed by atoms with Gasteiger partial charge in [0.1, 0.15) is 0 Å². The van der Waals surface area contributed by atoms with Crippen molar-refractivity contribution in [3.63, 3.8) is 0 Å². The van der Waals surface area contributed by atoms with Gasteiger partial charge < -0.3 is 10.8 Å². The Morgan fingerprint density at radius 2 is 1.70 bits per heavy atom. The average molecular weight is 207 g/mol. The van der Waals surface area contributed by atoms with Gasteiger partial charge in [0.25, 0.3) is 0 Å². The van der Waals surface area contributed by atoms with Gasteiger partial charge in [-0.2, -0.15) is 0 Å². The van der Waals surface area contributed by atoms with Crippen molar-refractivity contribution in [2.24, 2.45) is 5.73 Å². The van der Waals surface area contributed by atoms with Gasteiger partial charge in [0.05, 0.1) is 6.10 Å². The first-order valence-corrected chi connectivity index (χ1v) is 3.24. The molecule has 2 unspecified atom stereocenters. The summed E-state index contributed by atoms with van der Waals surface area (Å²) in [4.78, 5) is 0. The molecule has 4 heteroatoms. The Bertz CT molecular complexity index is 74.1. The van der Waals surface area contributed by atoms with Crippen molar-refractivity contribution in [2.75, 3.05) is 0 Å². The second-order valence-electron chi connectivity index (χ2n) is 2.52. The first-order valence-electron chi connectivity index (χ1n) is 3.24. The summed E-state index contributed by atoms with van der Waals surface area (Å²) < 4.78 is 0. The maximum Gasteiger partial charge on any atom is 0.0691 e. The van der Waals surface area contributed by atoms with Gasteiger partial charge in [-0.15, -0.1) is 12.4 Å². The van der Waals surface area contributed by atoms with E-state index in [1.54, 1.807) is 0 Å². The molecule has 1 rings (SSSR count). The van der Waals surface area contributed by atoms with Gasteiger partial charge in [-0.25, -0.2) is 0 Å². The summed E-state index contributed by atoms with van der Waals surface area (Å²) in [7, 11) is 0. The molecule has 1 aliphatic rings. The number of nitrogens with two attached hydrogens (primary N) is 1. The quantitative estimate of drug-likeness (QED) is 0.574. The number of halogens is 1. The second kappa shape index (κ2) is 6.44. The molecule has 2 atom stereocenters. The predicted octanol–water partition coefficient (Wildman–Crippen LogP) is 0.668. The van der Waals surface area contributed by atoms with Crippen LogP contribution in [0.5, 0.6) is 0 Å². The van der Waals surface area contributed by atoms with Crippen molar-refractivity contribution in [1.82, 2.24) is 0 Å². The average Bonchev–Trinajstić information content (AvgIpc) is 1.77. The monoisotopic (exact) mass is 207 g/mol. The molecule has 0 heterocycles. The normalized spacial score (nSPS) is 31.8. The van der Waals surface area contributed by atoms with Gasteiger partial charge in [-0.1, -0.05) is 12.8 Å². The van der Waals surface area contributed by atoms with Crippen LogP contribution in [0.25, 0.3) is 0 Å². The van der Waals surface area contributed by atoms with E-state index in [-0.39, 0.29) is 41.6 Å². The van der Waals surface area contributed by atoms with E-state index in [0.717, 1.165) is 19.3 Å². The van der Waals surface area contributed by atoms with E-state index in [2.05, 4.69) is 0 Å². The van der Waals surface area contributed by atoms with E-state index in [1.165, 1.54) is 6.42 Å². The van der Waals surface area contributed by atoms with Crippen molar-refractivity contribution in [2.45, 2.75) is 37.8 Å². The van der Waals surface area contributed by atoms with Crippen LogP contribution in [0.1, 0.15) is 25.7 Å². The van der Waals surface area contributed by atoms with Crippen LogP contribution in [0.4, 0.5) is 0 Å². The number of aliphatic hydroxyl groups excluding tert-OH is 1. The van der Waals surface area contributed by atoms with E-state index < -0.39 is 0 Å². The summed E-state index contributed by atoms with van der Waals surface area (Å²) in [6, 6.07) is 0.0590. The molecule has 10 heavy (non-hydrogen) atoms. The van der Waals surface area contributed by atoms with Crippen LogP contribution in [0.15, 0.2) is 0 Å². The molecule has 1 saturated carbocycles. The summed E-state index contributed by atoms with van der Waals surface area (Å²) >= 11 is 0. The number of hydrogen-bond donors (Lipinski definition) is 2. The van der Waals surface area contributed by atoms with E-state index >= 15 is 0 Å². The maximum atomic E-state index is 9.05. The third kappa shape index (κ3) is 3.79. The molecular formula is C6H14ClFeNO. The fraction of sp³-hybridized carbons (Fsp3) is 1.00. The third-order valence-corrected chi connectivity index (χ3v) is 1.78. The van der Waals surface area contributed by atoms with Gasteiger partial charge in [-0.05, 0) is 12.8 Å². The van der Waals surface area contributed by atoms with Crippen molar-refractivity contribution < 1.29 is 22.2 Å². The van der Waals surface area contributed by atoms with Gasteiger partial charge in [0, 0.05) is 23.1 Å². The molecule has 0 amide bonds. The Balaban J connectivity index is 0. The van der Waals surface area contributed by atoms with Crippen LogP contribution in [-0.4, -0.2) is 17.3 Å². The fourth-order valence-electron chi connectivity index (χ4n) is 1.14. The van der Waals surface area contributed by atoms with Crippen molar-refractivity contribution in [3.8, 4) is 0 Å². The van der Waals surface area contributed by atoms with Gasteiger partial charge >= 0.3 is 0 Å². The van der Waals surface area contributed by atoms with Crippen molar-refractivity contribution in [1.29, 1.82) is 0 Å². The van der Waals surface area contributed by atoms with Crippen LogP contribution in [0.2, 0.25) is 0 Å². The topological polar surface area (TPSA) is 46.2 Å². The summed E-state index contributed by atoms with van der Waals surface area (Å²) in [6.07, 6.45) is 4.03. The summed E-state index contributed by atoms with van der Waals surface area (Å²) in [5.74, 6) is 0. The molecule has 0 aromatic carbocycles. The molecular weight excluding hydrogens is 193 g/mol. The minimum absolute atomic E-state index is 0. The smallest absolute Gasteiger partial charge is 0.0691 e. The van der Waals surface area contributed by atoms with Crippen LogP contribution >= 0.6 is 12.4 Å². The molecule has 0 bridgehead atoms. The van der Waals surface area contributed by atoms with Crippen LogP contribution in [0, 0.1) is 0 Å². The number of aliphatic hydroxyl groups is 1. The Hall–Kier alpha value is 0.729. The Morgan fingerprint density at radius 3 is 2.00 bits per heavy atom. The van der Waals surface area contributed by atoms with Gasteiger partial charge in [0.15, 0.2) is 0 Å². The summed E-state index contributed by atoms with van der Waals surface area (Å²) in [5.41, 5.74) is 5.53. The molecule has 2 nitrogen and oxygen atoms in total. The Labute approximate surface area is 78.4 Å². The zero-order valence-corrected chi connectivity index (χ0v) is 7.69. The Morgan fingerprint density at radius 1 is 1.20 bits per heavy atom. The van der Waals surface area contributed by atoms with E-state index in [1.807, 2.05) is 0 Å². The molecule has 0 spiro atoms. The molecule has 1 fully saturated rings. The van der Waals surface area contributed by atoms with Gasteiger partial charge in [-0.3, -0.25) is 0 Å². The zero-order valence-electron chi connectivity index (χ0n) is 5.77. The van der Waals surface area contributed by atoms with E-state index in [0.29, 0.717) is 0 Å². The molecule has 0 saturated heterocycles. The van der Waals surface area contributed by atoms with Crippen molar-refractivity contribution in [3.05, 3.63) is 0 Å². The standard InChI is InChI=1S/C6H13NO.ClH.Fe/c7-5-3-1-2-4-6(5)8;;/h5-6,8H,1-4,7H2;1H;. The summed E-state index contributed by atoms with van der Waals surface area (Å²) in [6.45, 7) is 0. The molecule has 1 aliphatic carbocycles. The minimum atomic E-state index is -0.219. The SMILES string of the molecule is Cl.NC1CCCCC1O.[Fe]. The van der Waals surface area contributed by atoms with Crippen molar-refractivity contribution >= 4 is 12.4 Å². The van der Waals surface area contributed by atoms with Gasteiger partial charge in [0.2, 0.25) is 0 Å². The fourth-order valence-corrected chi connectivity index (χ4v) is 1.14. The first-order chi connectivity index (χ1) is 3.80. The van der Waals surface area contributed by atoms with E-state index in [9.17, 15) is 0 Å². The largest absolute Gasteiger partial charge is 0.392 e. The number of hydrogen-bond acceptors (Lipinski definition) is 2. The molecule has 0 aromatic rings. The van der Waals surface area contributed by atoms with Crippen LogP contribution in [0.3, 0.4) is 0 Å². The molecule has 64 valence electrons.